The average molecular weight is 253 g/mol. The average Bonchev–Trinajstić information content (AvgIpc) is 2.62. The zero-order valence-corrected chi connectivity index (χ0v) is 10.9. The van der Waals surface area contributed by atoms with Crippen LogP contribution in [0, 0.1) is 10.1 Å². The van der Waals surface area contributed by atoms with Crippen LogP contribution in [-0.2, 0) is 7.05 Å². The zero-order valence-electron chi connectivity index (χ0n) is 10.9. The fourth-order valence-electron chi connectivity index (χ4n) is 1.64. The first kappa shape index (κ1) is 14.2. The van der Waals surface area contributed by atoms with Crippen molar-refractivity contribution in [1.82, 2.24) is 9.78 Å². The molecular weight excluding hydrogens is 234 g/mol. The van der Waals surface area contributed by atoms with Gasteiger partial charge in [0.15, 0.2) is 0 Å². The van der Waals surface area contributed by atoms with Crippen molar-refractivity contribution in [3.63, 3.8) is 0 Å². The molecule has 3 N–H and O–H groups in total. The minimum Gasteiger partial charge on any atom is -0.361 e. The molecule has 0 amide bonds. The number of nitrogens with zero attached hydrogens (tertiary/aromatic N) is 3. The van der Waals surface area contributed by atoms with Crippen molar-refractivity contribution in [3.05, 3.63) is 28.0 Å². The lowest BCUT2D eigenvalue weighted by Gasteiger charge is -2.03. The van der Waals surface area contributed by atoms with E-state index >= 15 is 0 Å². The van der Waals surface area contributed by atoms with Crippen LogP contribution in [-0.4, -0.2) is 27.8 Å². The summed E-state index contributed by atoms with van der Waals surface area (Å²) in [6.07, 6.45) is 3.62. The summed E-state index contributed by atoms with van der Waals surface area (Å²) in [6, 6.07) is 0. The van der Waals surface area contributed by atoms with Crippen molar-refractivity contribution in [3.8, 4) is 0 Å². The Morgan fingerprint density at radius 2 is 2.22 bits per heavy atom. The van der Waals surface area contributed by atoms with E-state index in [2.05, 4.69) is 10.4 Å². The Labute approximate surface area is 106 Å². The van der Waals surface area contributed by atoms with E-state index in [1.807, 2.05) is 19.9 Å². The number of rotatable bonds is 6. The number of anilines is 1. The second kappa shape index (κ2) is 6.15. The second-order valence-corrected chi connectivity index (χ2v) is 4.21. The molecule has 1 rings (SSSR count). The summed E-state index contributed by atoms with van der Waals surface area (Å²) >= 11 is 0. The maximum absolute atomic E-state index is 11.1. The molecule has 0 saturated carbocycles. The maximum Gasteiger partial charge on any atom is 0.334 e. The highest BCUT2D eigenvalue weighted by Gasteiger charge is 2.27. The molecule has 1 heterocycles. The van der Waals surface area contributed by atoms with E-state index in [1.54, 1.807) is 13.1 Å². The molecule has 0 unspecified atom stereocenters. The normalized spacial score (nSPS) is 11.4. The van der Waals surface area contributed by atoms with Gasteiger partial charge in [-0.2, -0.15) is 5.10 Å². The minimum absolute atomic E-state index is 0.00624. The van der Waals surface area contributed by atoms with E-state index in [0.717, 1.165) is 0 Å². The number of hydrogen-bond donors (Lipinski definition) is 2. The molecule has 1 aromatic rings. The van der Waals surface area contributed by atoms with E-state index in [1.165, 1.54) is 4.68 Å². The van der Waals surface area contributed by atoms with Gasteiger partial charge in [-0.05, 0) is 0 Å². The van der Waals surface area contributed by atoms with Crippen LogP contribution in [0.15, 0.2) is 12.2 Å². The highest BCUT2D eigenvalue weighted by molar-refractivity contribution is 5.60. The molecule has 0 aliphatic carbocycles. The number of aromatic nitrogens is 2. The fraction of sp³-hybridized carbons (Fsp3) is 0.545. The predicted octanol–water partition coefficient (Wildman–Crippen LogP) is 1.38. The smallest absolute Gasteiger partial charge is 0.334 e. The Hall–Kier alpha value is -1.89. The lowest BCUT2D eigenvalue weighted by Crippen LogP contribution is -2.06. The van der Waals surface area contributed by atoms with Gasteiger partial charge in [-0.3, -0.25) is 10.1 Å². The highest BCUT2D eigenvalue weighted by Crippen LogP contribution is 2.32. The summed E-state index contributed by atoms with van der Waals surface area (Å²) in [5.41, 5.74) is 5.86. The molecule has 7 heteroatoms. The Balaban J connectivity index is 3.02. The molecule has 1 aromatic heterocycles. The first-order valence-electron chi connectivity index (χ1n) is 5.79. The van der Waals surface area contributed by atoms with Gasteiger partial charge in [0.1, 0.15) is 5.69 Å². The Morgan fingerprint density at radius 1 is 1.56 bits per heavy atom. The molecule has 0 atom stereocenters. The van der Waals surface area contributed by atoms with Gasteiger partial charge in [-0.1, -0.05) is 26.0 Å². The monoisotopic (exact) mass is 253 g/mol. The molecular formula is C11H19N5O2. The van der Waals surface area contributed by atoms with Crippen molar-refractivity contribution in [2.75, 3.05) is 18.4 Å². The molecule has 0 saturated heterocycles. The van der Waals surface area contributed by atoms with Crippen LogP contribution < -0.4 is 11.1 Å². The van der Waals surface area contributed by atoms with Crippen molar-refractivity contribution in [2.24, 2.45) is 12.8 Å². The van der Waals surface area contributed by atoms with Crippen LogP contribution >= 0.6 is 0 Å². The molecule has 0 bridgehead atoms. The van der Waals surface area contributed by atoms with Gasteiger partial charge in [-0.25, -0.2) is 4.68 Å². The summed E-state index contributed by atoms with van der Waals surface area (Å²) < 4.78 is 1.50. The Morgan fingerprint density at radius 3 is 2.72 bits per heavy atom. The first-order chi connectivity index (χ1) is 8.49. The third-order valence-electron chi connectivity index (χ3n) is 2.47. The topological polar surface area (TPSA) is 99.0 Å². The molecule has 0 fully saturated rings. The van der Waals surface area contributed by atoms with Crippen LogP contribution in [0.2, 0.25) is 0 Å². The number of nitrogens with two attached hydrogens (primary N) is 1. The largest absolute Gasteiger partial charge is 0.361 e. The second-order valence-electron chi connectivity index (χ2n) is 4.21. The number of nitro groups is 1. The number of aryl methyl sites for hydroxylation is 1. The predicted molar refractivity (Wildman–Crippen MR) is 70.6 cm³/mol. The van der Waals surface area contributed by atoms with Crippen LogP contribution in [0.4, 0.5) is 11.5 Å². The third-order valence-corrected chi connectivity index (χ3v) is 2.47. The summed E-state index contributed by atoms with van der Waals surface area (Å²) in [5.74, 6) is 0.428. The molecule has 7 nitrogen and oxygen atoms in total. The minimum atomic E-state index is -0.392. The van der Waals surface area contributed by atoms with Crippen molar-refractivity contribution < 1.29 is 4.92 Å². The van der Waals surface area contributed by atoms with Crippen molar-refractivity contribution in [1.29, 1.82) is 0 Å². The van der Waals surface area contributed by atoms with Crippen LogP contribution in [0.1, 0.15) is 25.5 Å². The standard InChI is InChI=1S/C11H19N5O2/c1-8(2)9-10(16(17)18)11(15(3)14-9)13-7-5-4-6-12/h4-5,8,13H,6-7,12H2,1-3H3/b5-4+. The van der Waals surface area contributed by atoms with Crippen LogP contribution in [0.3, 0.4) is 0 Å². The summed E-state index contributed by atoms with van der Waals surface area (Å²) in [7, 11) is 1.69. The molecule has 0 aliphatic heterocycles. The van der Waals surface area contributed by atoms with Crippen LogP contribution in [0.5, 0.6) is 0 Å². The van der Waals surface area contributed by atoms with E-state index < -0.39 is 4.92 Å². The third kappa shape index (κ3) is 3.07. The van der Waals surface area contributed by atoms with Gasteiger partial charge in [0, 0.05) is 26.1 Å². The number of hydrogen-bond acceptors (Lipinski definition) is 5. The Kier molecular flexibility index (Phi) is 4.85. The molecule has 100 valence electrons. The van der Waals surface area contributed by atoms with Gasteiger partial charge >= 0.3 is 5.69 Å². The van der Waals surface area contributed by atoms with Crippen molar-refractivity contribution in [2.45, 2.75) is 19.8 Å². The summed E-state index contributed by atoms with van der Waals surface area (Å²) in [5, 5.41) is 18.3. The number of nitrogens with one attached hydrogen (secondary N) is 1. The maximum atomic E-state index is 11.1. The summed E-state index contributed by atoms with van der Waals surface area (Å²) in [4.78, 5) is 10.7. The van der Waals surface area contributed by atoms with Gasteiger partial charge < -0.3 is 11.1 Å². The molecule has 0 spiro atoms. The SMILES string of the molecule is CC(C)c1nn(C)c(NC/C=C/CN)c1[N+](=O)[O-]. The van der Waals surface area contributed by atoms with E-state index in [9.17, 15) is 10.1 Å². The fourth-order valence-corrected chi connectivity index (χ4v) is 1.64. The van der Waals surface area contributed by atoms with Gasteiger partial charge in [-0.15, -0.1) is 0 Å². The lowest BCUT2D eigenvalue weighted by atomic mass is 10.1. The molecule has 0 aromatic carbocycles. The lowest BCUT2D eigenvalue weighted by molar-refractivity contribution is -0.384. The first-order valence-corrected chi connectivity index (χ1v) is 5.79. The zero-order chi connectivity index (χ0) is 13.7. The molecule has 0 aliphatic rings. The van der Waals surface area contributed by atoms with E-state index in [4.69, 9.17) is 5.73 Å². The Bertz CT molecular complexity index is 451. The summed E-state index contributed by atoms with van der Waals surface area (Å²) in [6.45, 7) is 4.70. The van der Waals surface area contributed by atoms with Gasteiger partial charge in [0.2, 0.25) is 5.82 Å². The molecule has 0 radical (unpaired) electrons. The van der Waals surface area contributed by atoms with E-state index in [-0.39, 0.29) is 11.6 Å². The highest BCUT2D eigenvalue weighted by atomic mass is 16.6. The van der Waals surface area contributed by atoms with Gasteiger partial charge in [0.25, 0.3) is 0 Å². The quantitative estimate of drug-likeness (QED) is 0.453. The molecule has 18 heavy (non-hydrogen) atoms. The van der Waals surface area contributed by atoms with Gasteiger partial charge in [0.05, 0.1) is 4.92 Å². The van der Waals surface area contributed by atoms with Crippen LogP contribution in [0.25, 0.3) is 0 Å². The van der Waals surface area contributed by atoms with E-state index in [0.29, 0.717) is 24.6 Å². The van der Waals surface area contributed by atoms with Crippen molar-refractivity contribution >= 4 is 11.5 Å².